The molecule has 16 heavy (non-hydrogen) atoms. The maximum atomic E-state index is 11.7. The smallest absolute Gasteiger partial charge is 0.242 e. The molecule has 1 unspecified atom stereocenters. The van der Waals surface area contributed by atoms with Crippen molar-refractivity contribution in [3.63, 3.8) is 0 Å². The summed E-state index contributed by atoms with van der Waals surface area (Å²) in [6.07, 6.45) is 0. The van der Waals surface area contributed by atoms with Gasteiger partial charge in [-0.05, 0) is 19.8 Å². The number of hydrogen-bond acceptors (Lipinski definition) is 4. The van der Waals surface area contributed by atoms with E-state index in [0.717, 1.165) is 10.8 Å². The molecule has 1 amide bonds. The first kappa shape index (κ1) is 13.0. The van der Waals surface area contributed by atoms with E-state index in [4.69, 9.17) is 0 Å². The van der Waals surface area contributed by atoms with Crippen LogP contribution in [0.15, 0.2) is 5.38 Å². The first-order valence-electron chi connectivity index (χ1n) is 5.45. The molecule has 0 radical (unpaired) electrons. The second kappa shape index (κ2) is 5.84. The lowest BCUT2D eigenvalue weighted by Crippen LogP contribution is -2.39. The molecule has 2 N–H and O–H groups in total. The maximum Gasteiger partial charge on any atom is 0.242 e. The normalized spacial score (nSPS) is 12.6. The number of thiazole rings is 1. The van der Waals surface area contributed by atoms with Crippen LogP contribution in [0.4, 0.5) is 5.13 Å². The Hall–Kier alpha value is -1.10. The van der Waals surface area contributed by atoms with Gasteiger partial charge in [-0.1, -0.05) is 13.8 Å². The Kier molecular flexibility index (Phi) is 4.73. The first-order valence-corrected chi connectivity index (χ1v) is 6.33. The van der Waals surface area contributed by atoms with Gasteiger partial charge in [0, 0.05) is 11.9 Å². The minimum atomic E-state index is -0.246. The van der Waals surface area contributed by atoms with Crippen LogP contribution in [-0.4, -0.2) is 23.5 Å². The third kappa shape index (κ3) is 4.18. The van der Waals surface area contributed by atoms with Gasteiger partial charge < -0.3 is 10.6 Å². The van der Waals surface area contributed by atoms with Crippen molar-refractivity contribution < 1.29 is 4.79 Å². The standard InChI is InChI=1S/C11H19N3OS/c1-7(2)5-12-10(15)9(4)14-11-13-8(3)6-16-11/h6-7,9H,5H2,1-4H3,(H,12,15)(H,13,14). The fourth-order valence-electron chi connectivity index (χ4n) is 1.13. The number of aryl methyl sites for hydroxylation is 1. The number of carbonyl (C=O) groups is 1. The highest BCUT2D eigenvalue weighted by Crippen LogP contribution is 2.15. The summed E-state index contributed by atoms with van der Waals surface area (Å²) in [6.45, 7) is 8.63. The first-order chi connectivity index (χ1) is 7.49. The lowest BCUT2D eigenvalue weighted by Gasteiger charge is -2.14. The molecule has 0 spiro atoms. The van der Waals surface area contributed by atoms with E-state index in [1.54, 1.807) is 0 Å². The molecule has 0 aromatic carbocycles. The Balaban J connectivity index is 2.39. The highest BCUT2D eigenvalue weighted by Gasteiger charge is 2.13. The van der Waals surface area contributed by atoms with Crippen molar-refractivity contribution in [3.8, 4) is 0 Å². The molecule has 1 heterocycles. The monoisotopic (exact) mass is 241 g/mol. The van der Waals surface area contributed by atoms with Crippen molar-refractivity contribution in [3.05, 3.63) is 11.1 Å². The quantitative estimate of drug-likeness (QED) is 0.829. The molecule has 0 fully saturated rings. The Morgan fingerprint density at radius 1 is 1.50 bits per heavy atom. The van der Waals surface area contributed by atoms with Gasteiger partial charge in [-0.3, -0.25) is 4.79 Å². The largest absolute Gasteiger partial charge is 0.354 e. The number of anilines is 1. The van der Waals surface area contributed by atoms with Crippen molar-refractivity contribution in [2.45, 2.75) is 33.7 Å². The van der Waals surface area contributed by atoms with Crippen LogP contribution >= 0.6 is 11.3 Å². The third-order valence-corrected chi connectivity index (χ3v) is 2.93. The molecular weight excluding hydrogens is 222 g/mol. The highest BCUT2D eigenvalue weighted by molar-refractivity contribution is 7.13. The summed E-state index contributed by atoms with van der Waals surface area (Å²) in [5, 5.41) is 8.72. The number of amides is 1. The zero-order chi connectivity index (χ0) is 12.1. The molecule has 4 nitrogen and oxygen atoms in total. The predicted molar refractivity (Wildman–Crippen MR) is 67.8 cm³/mol. The van der Waals surface area contributed by atoms with E-state index >= 15 is 0 Å². The molecule has 0 aliphatic rings. The van der Waals surface area contributed by atoms with Crippen molar-refractivity contribution in [2.75, 3.05) is 11.9 Å². The number of aromatic nitrogens is 1. The van der Waals surface area contributed by atoms with Gasteiger partial charge in [-0.2, -0.15) is 0 Å². The molecule has 5 heteroatoms. The van der Waals surface area contributed by atoms with Crippen LogP contribution in [0, 0.1) is 12.8 Å². The number of nitrogens with zero attached hydrogens (tertiary/aromatic N) is 1. The van der Waals surface area contributed by atoms with Gasteiger partial charge in [0.1, 0.15) is 6.04 Å². The number of hydrogen-bond donors (Lipinski definition) is 2. The summed E-state index contributed by atoms with van der Waals surface area (Å²) in [4.78, 5) is 15.9. The lowest BCUT2D eigenvalue weighted by molar-refractivity contribution is -0.121. The molecule has 1 rings (SSSR count). The van der Waals surface area contributed by atoms with E-state index in [-0.39, 0.29) is 11.9 Å². The van der Waals surface area contributed by atoms with Crippen LogP contribution in [0.3, 0.4) is 0 Å². The van der Waals surface area contributed by atoms with Gasteiger partial charge >= 0.3 is 0 Å². The molecule has 90 valence electrons. The minimum absolute atomic E-state index is 0.0153. The summed E-state index contributed by atoms with van der Waals surface area (Å²) in [6, 6.07) is -0.246. The average molecular weight is 241 g/mol. The summed E-state index contributed by atoms with van der Waals surface area (Å²) < 4.78 is 0. The van der Waals surface area contributed by atoms with E-state index in [1.165, 1.54) is 11.3 Å². The van der Waals surface area contributed by atoms with Crippen LogP contribution < -0.4 is 10.6 Å². The molecule has 0 aliphatic heterocycles. The summed E-state index contributed by atoms with van der Waals surface area (Å²) >= 11 is 1.52. The Bertz CT molecular complexity index is 349. The van der Waals surface area contributed by atoms with E-state index in [0.29, 0.717) is 12.5 Å². The fourth-order valence-corrected chi connectivity index (χ4v) is 1.91. The van der Waals surface area contributed by atoms with Crippen LogP contribution in [0.2, 0.25) is 0 Å². The van der Waals surface area contributed by atoms with E-state index in [9.17, 15) is 4.79 Å². The minimum Gasteiger partial charge on any atom is -0.354 e. The van der Waals surface area contributed by atoms with E-state index in [2.05, 4.69) is 29.5 Å². The van der Waals surface area contributed by atoms with Crippen LogP contribution in [0.25, 0.3) is 0 Å². The van der Waals surface area contributed by atoms with Gasteiger partial charge in [0.15, 0.2) is 5.13 Å². The molecule has 0 saturated carbocycles. The zero-order valence-corrected chi connectivity index (χ0v) is 11.0. The molecular formula is C11H19N3OS. The third-order valence-electron chi connectivity index (χ3n) is 2.04. The topological polar surface area (TPSA) is 54.0 Å². The van der Waals surface area contributed by atoms with Crippen LogP contribution in [0.1, 0.15) is 26.5 Å². The zero-order valence-electron chi connectivity index (χ0n) is 10.2. The molecule has 1 aromatic heterocycles. The molecule has 1 atom stereocenters. The second-order valence-electron chi connectivity index (χ2n) is 4.30. The Morgan fingerprint density at radius 3 is 2.69 bits per heavy atom. The van der Waals surface area contributed by atoms with Crippen molar-refractivity contribution in [2.24, 2.45) is 5.92 Å². The number of carbonyl (C=O) groups excluding carboxylic acids is 1. The van der Waals surface area contributed by atoms with Crippen molar-refractivity contribution in [1.29, 1.82) is 0 Å². The maximum absolute atomic E-state index is 11.7. The van der Waals surface area contributed by atoms with Crippen LogP contribution in [0.5, 0.6) is 0 Å². The molecule has 0 aliphatic carbocycles. The molecule has 1 aromatic rings. The molecule has 0 bridgehead atoms. The average Bonchev–Trinajstić information content (AvgIpc) is 2.60. The van der Waals surface area contributed by atoms with Crippen molar-refractivity contribution >= 4 is 22.4 Å². The van der Waals surface area contributed by atoms with Gasteiger partial charge in [0.05, 0.1) is 5.69 Å². The number of rotatable bonds is 5. The second-order valence-corrected chi connectivity index (χ2v) is 5.16. The van der Waals surface area contributed by atoms with Gasteiger partial charge in [-0.15, -0.1) is 11.3 Å². The van der Waals surface area contributed by atoms with Gasteiger partial charge in [0.25, 0.3) is 0 Å². The SMILES string of the molecule is Cc1csc(NC(C)C(=O)NCC(C)C)n1. The van der Waals surface area contributed by atoms with Gasteiger partial charge in [0.2, 0.25) is 5.91 Å². The lowest BCUT2D eigenvalue weighted by atomic mass is 10.2. The highest BCUT2D eigenvalue weighted by atomic mass is 32.1. The summed E-state index contributed by atoms with van der Waals surface area (Å²) in [5.41, 5.74) is 0.974. The van der Waals surface area contributed by atoms with E-state index < -0.39 is 0 Å². The van der Waals surface area contributed by atoms with Crippen molar-refractivity contribution in [1.82, 2.24) is 10.3 Å². The Labute approximate surface area is 100 Å². The van der Waals surface area contributed by atoms with Crippen LogP contribution in [-0.2, 0) is 4.79 Å². The molecule has 0 saturated heterocycles. The summed E-state index contributed by atoms with van der Waals surface area (Å²) in [5.74, 6) is 0.486. The van der Waals surface area contributed by atoms with Gasteiger partial charge in [-0.25, -0.2) is 4.98 Å². The van der Waals surface area contributed by atoms with E-state index in [1.807, 2.05) is 19.2 Å². The summed E-state index contributed by atoms with van der Waals surface area (Å²) in [7, 11) is 0. The fraction of sp³-hybridized carbons (Fsp3) is 0.636. The predicted octanol–water partition coefficient (Wildman–Crippen LogP) is 2.02. The number of nitrogens with one attached hydrogen (secondary N) is 2. The Morgan fingerprint density at radius 2 is 2.19 bits per heavy atom.